The lowest BCUT2D eigenvalue weighted by Gasteiger charge is -2.21. The second-order valence-electron chi connectivity index (χ2n) is 4.03. The summed E-state index contributed by atoms with van der Waals surface area (Å²) in [4.78, 5) is 6.30. The van der Waals surface area contributed by atoms with Gasteiger partial charge in [-0.15, -0.1) is 0 Å². The number of nitrogens with zero attached hydrogens (tertiary/aromatic N) is 2. The van der Waals surface area contributed by atoms with E-state index in [2.05, 4.69) is 16.8 Å². The van der Waals surface area contributed by atoms with Gasteiger partial charge in [-0.3, -0.25) is 4.98 Å². The van der Waals surface area contributed by atoms with Crippen molar-refractivity contribution < 1.29 is 0 Å². The van der Waals surface area contributed by atoms with E-state index >= 15 is 0 Å². The van der Waals surface area contributed by atoms with E-state index in [-0.39, 0.29) is 5.54 Å². The lowest BCUT2D eigenvalue weighted by atomic mass is 10.0. The quantitative estimate of drug-likeness (QED) is 0.696. The van der Waals surface area contributed by atoms with Gasteiger partial charge in [-0.05, 0) is 25.5 Å². The van der Waals surface area contributed by atoms with Crippen LogP contribution in [-0.4, -0.2) is 23.6 Å². The van der Waals surface area contributed by atoms with Crippen LogP contribution < -0.4 is 10.6 Å². The van der Waals surface area contributed by atoms with E-state index in [0.29, 0.717) is 0 Å². The van der Waals surface area contributed by atoms with Gasteiger partial charge in [0.1, 0.15) is 0 Å². The van der Waals surface area contributed by atoms with Crippen molar-refractivity contribution in [1.82, 2.24) is 4.98 Å². The highest BCUT2D eigenvalue weighted by molar-refractivity contribution is 5.46. The Balaban J connectivity index is 2.13. The molecule has 0 unspecified atom stereocenters. The van der Waals surface area contributed by atoms with E-state index in [1.807, 2.05) is 24.5 Å². The Morgan fingerprint density at radius 1 is 1.46 bits per heavy atom. The predicted molar refractivity (Wildman–Crippen MR) is 53.7 cm³/mol. The van der Waals surface area contributed by atoms with Gasteiger partial charge in [0.15, 0.2) is 0 Å². The molecule has 1 fully saturated rings. The monoisotopic (exact) mass is 177 g/mol. The van der Waals surface area contributed by atoms with Gasteiger partial charge >= 0.3 is 0 Å². The normalized spacial score (nSPS) is 28.0. The Morgan fingerprint density at radius 3 is 2.69 bits per heavy atom. The standard InChI is InChI=1S/C10H15N3/c1-10(11)4-7-13(8-10)9-2-5-12-6-3-9/h2-3,5-6H,4,7-8,11H2,1H3/t10-/m1/s1. The van der Waals surface area contributed by atoms with Gasteiger partial charge in [-0.1, -0.05) is 0 Å². The van der Waals surface area contributed by atoms with E-state index in [9.17, 15) is 0 Å². The maximum absolute atomic E-state index is 6.05. The minimum absolute atomic E-state index is 0.0245. The number of aromatic nitrogens is 1. The molecule has 0 amide bonds. The van der Waals surface area contributed by atoms with Crippen molar-refractivity contribution in [2.75, 3.05) is 18.0 Å². The number of nitrogens with two attached hydrogens (primary N) is 1. The van der Waals surface area contributed by atoms with Crippen molar-refractivity contribution in [1.29, 1.82) is 0 Å². The molecule has 0 spiro atoms. The summed E-state index contributed by atoms with van der Waals surface area (Å²) < 4.78 is 0. The molecule has 13 heavy (non-hydrogen) atoms. The van der Waals surface area contributed by atoms with E-state index in [0.717, 1.165) is 19.5 Å². The second kappa shape index (κ2) is 3.00. The minimum atomic E-state index is -0.0245. The van der Waals surface area contributed by atoms with Gasteiger partial charge in [0.2, 0.25) is 0 Å². The highest BCUT2D eigenvalue weighted by Crippen LogP contribution is 2.23. The molecular weight excluding hydrogens is 162 g/mol. The molecule has 3 heteroatoms. The van der Waals surface area contributed by atoms with Crippen LogP contribution in [0.5, 0.6) is 0 Å². The Kier molecular flexibility index (Phi) is 1.96. The zero-order chi connectivity index (χ0) is 9.31. The van der Waals surface area contributed by atoms with Gasteiger partial charge in [0.05, 0.1) is 0 Å². The van der Waals surface area contributed by atoms with Crippen LogP contribution in [0.4, 0.5) is 5.69 Å². The molecule has 0 aliphatic carbocycles. The molecule has 1 aromatic rings. The van der Waals surface area contributed by atoms with E-state index in [1.165, 1.54) is 5.69 Å². The molecule has 2 heterocycles. The van der Waals surface area contributed by atoms with E-state index in [1.54, 1.807) is 0 Å². The number of hydrogen-bond donors (Lipinski definition) is 1. The van der Waals surface area contributed by atoms with Crippen LogP contribution in [0.2, 0.25) is 0 Å². The zero-order valence-electron chi connectivity index (χ0n) is 7.90. The molecular formula is C10H15N3. The second-order valence-corrected chi connectivity index (χ2v) is 4.03. The molecule has 1 atom stereocenters. The summed E-state index contributed by atoms with van der Waals surface area (Å²) in [6.45, 7) is 4.10. The van der Waals surface area contributed by atoms with Crippen molar-refractivity contribution in [2.45, 2.75) is 18.9 Å². The third kappa shape index (κ3) is 1.80. The Bertz CT molecular complexity index is 281. The van der Waals surface area contributed by atoms with E-state index < -0.39 is 0 Å². The molecule has 0 radical (unpaired) electrons. The van der Waals surface area contributed by atoms with Crippen molar-refractivity contribution in [2.24, 2.45) is 5.73 Å². The van der Waals surface area contributed by atoms with Gasteiger partial charge in [-0.25, -0.2) is 0 Å². The number of pyridine rings is 1. The average Bonchev–Trinajstić information content (AvgIpc) is 2.48. The summed E-state index contributed by atoms with van der Waals surface area (Å²) in [7, 11) is 0. The molecule has 1 aromatic heterocycles. The largest absolute Gasteiger partial charge is 0.370 e. The van der Waals surface area contributed by atoms with Crippen LogP contribution in [0.1, 0.15) is 13.3 Å². The van der Waals surface area contributed by atoms with Crippen LogP contribution in [-0.2, 0) is 0 Å². The fraction of sp³-hybridized carbons (Fsp3) is 0.500. The minimum Gasteiger partial charge on any atom is -0.370 e. The fourth-order valence-corrected chi connectivity index (χ4v) is 1.76. The summed E-state index contributed by atoms with van der Waals surface area (Å²) in [5.74, 6) is 0. The topological polar surface area (TPSA) is 42.1 Å². The van der Waals surface area contributed by atoms with E-state index in [4.69, 9.17) is 5.73 Å². The van der Waals surface area contributed by atoms with Crippen LogP contribution in [0.15, 0.2) is 24.5 Å². The number of anilines is 1. The highest BCUT2D eigenvalue weighted by atomic mass is 15.2. The molecule has 3 nitrogen and oxygen atoms in total. The molecule has 0 aromatic carbocycles. The highest BCUT2D eigenvalue weighted by Gasteiger charge is 2.29. The maximum atomic E-state index is 6.05. The first-order valence-electron chi connectivity index (χ1n) is 4.61. The first-order valence-corrected chi connectivity index (χ1v) is 4.61. The Labute approximate surface area is 78.6 Å². The fourth-order valence-electron chi connectivity index (χ4n) is 1.76. The summed E-state index contributed by atoms with van der Waals surface area (Å²) in [6, 6.07) is 4.06. The van der Waals surface area contributed by atoms with Crippen LogP contribution in [0.25, 0.3) is 0 Å². The molecule has 1 saturated heterocycles. The molecule has 0 saturated carbocycles. The van der Waals surface area contributed by atoms with Gasteiger partial charge in [0.25, 0.3) is 0 Å². The average molecular weight is 177 g/mol. The van der Waals surface area contributed by atoms with Crippen LogP contribution in [0.3, 0.4) is 0 Å². The van der Waals surface area contributed by atoms with Crippen LogP contribution in [0, 0.1) is 0 Å². The third-order valence-electron chi connectivity index (χ3n) is 2.53. The van der Waals surface area contributed by atoms with Crippen molar-refractivity contribution >= 4 is 5.69 Å². The summed E-state index contributed by atoms with van der Waals surface area (Å²) in [5, 5.41) is 0. The van der Waals surface area contributed by atoms with Gasteiger partial charge in [0, 0.05) is 36.7 Å². The summed E-state index contributed by atoms with van der Waals surface area (Å²) in [5.41, 5.74) is 7.25. The Hall–Kier alpha value is -1.09. The maximum Gasteiger partial charge on any atom is 0.0397 e. The lowest BCUT2D eigenvalue weighted by molar-refractivity contribution is 0.525. The smallest absolute Gasteiger partial charge is 0.0397 e. The Morgan fingerprint density at radius 2 is 2.15 bits per heavy atom. The number of hydrogen-bond acceptors (Lipinski definition) is 3. The zero-order valence-corrected chi connectivity index (χ0v) is 7.90. The first-order chi connectivity index (χ1) is 6.17. The molecule has 1 aliphatic heterocycles. The number of rotatable bonds is 1. The van der Waals surface area contributed by atoms with Crippen molar-refractivity contribution in [3.63, 3.8) is 0 Å². The first kappa shape index (κ1) is 8.51. The van der Waals surface area contributed by atoms with Gasteiger partial charge < -0.3 is 10.6 Å². The van der Waals surface area contributed by atoms with Crippen molar-refractivity contribution in [3.8, 4) is 0 Å². The lowest BCUT2D eigenvalue weighted by Crippen LogP contribution is -2.39. The summed E-state index contributed by atoms with van der Waals surface area (Å²) in [6.07, 6.45) is 4.71. The molecule has 70 valence electrons. The van der Waals surface area contributed by atoms with Crippen molar-refractivity contribution in [3.05, 3.63) is 24.5 Å². The molecule has 2 N–H and O–H groups in total. The SMILES string of the molecule is C[C@@]1(N)CCN(c2ccncc2)C1. The third-order valence-corrected chi connectivity index (χ3v) is 2.53. The summed E-state index contributed by atoms with van der Waals surface area (Å²) >= 11 is 0. The van der Waals surface area contributed by atoms with Gasteiger partial charge in [-0.2, -0.15) is 0 Å². The molecule has 0 bridgehead atoms. The predicted octanol–water partition coefficient (Wildman–Crippen LogP) is 1.01. The molecule has 1 aliphatic rings. The molecule has 2 rings (SSSR count). The van der Waals surface area contributed by atoms with Crippen LogP contribution >= 0.6 is 0 Å².